The first-order valence-corrected chi connectivity index (χ1v) is 32.1. The van der Waals surface area contributed by atoms with Crippen molar-refractivity contribution >= 4 is 130 Å². The number of aromatic nitrogens is 5. The van der Waals surface area contributed by atoms with Crippen LogP contribution in [0.15, 0.2) is 315 Å². The molecule has 94 heavy (non-hydrogen) atoms. The van der Waals surface area contributed by atoms with Gasteiger partial charge in [0, 0.05) is 59.8 Å². The fraction of sp³-hybridized carbons (Fsp3) is 0. The van der Waals surface area contributed by atoms with Gasteiger partial charge in [0.2, 0.25) is 0 Å². The molecule has 434 valence electrons. The molecule has 5 heterocycles. The summed E-state index contributed by atoms with van der Waals surface area (Å²) in [6, 6.07) is 118. The summed E-state index contributed by atoms with van der Waals surface area (Å²) in [6.45, 7) is 0. The summed E-state index contributed by atoms with van der Waals surface area (Å²) < 4.78 is 9.98. The van der Waals surface area contributed by atoms with Crippen LogP contribution in [-0.4, -0.2) is 23.3 Å². The number of para-hydroxylation sites is 4. The van der Waals surface area contributed by atoms with Gasteiger partial charge in [0.05, 0.1) is 78.3 Å². The number of rotatable bonds is 7. The highest BCUT2D eigenvalue weighted by Crippen LogP contribution is 2.53. The molecule has 0 radical (unpaired) electrons. The largest absolute Gasteiger partial charge is 0.307 e. The summed E-state index contributed by atoms with van der Waals surface area (Å²) in [5.74, 6) is 0. The topological polar surface area (TPSA) is 56.4 Å². The normalized spacial score (nSPS) is 12.0. The van der Waals surface area contributed by atoms with E-state index in [1.807, 2.05) is 0 Å². The Morgan fingerprint density at radius 1 is 0.223 bits per heavy atom. The zero-order chi connectivity index (χ0) is 61.7. The van der Waals surface area contributed by atoms with Crippen LogP contribution < -0.4 is 0 Å². The van der Waals surface area contributed by atoms with Crippen LogP contribution in [0, 0.1) is 11.3 Å². The number of benzene rings is 15. The second-order valence-electron chi connectivity index (χ2n) is 24.9. The van der Waals surface area contributed by atoms with Gasteiger partial charge in [-0.25, -0.2) is 4.98 Å². The van der Waals surface area contributed by atoms with Crippen molar-refractivity contribution in [3.8, 4) is 62.5 Å². The number of nitrogens with zero attached hydrogens (tertiary/aromatic N) is 6. The molecule has 0 aliphatic rings. The minimum atomic E-state index is 0.498. The third-order valence-electron chi connectivity index (χ3n) is 19.8. The van der Waals surface area contributed by atoms with E-state index >= 15 is 0 Å². The first-order chi connectivity index (χ1) is 46.6. The molecule has 6 nitrogen and oxygen atoms in total. The van der Waals surface area contributed by atoms with Gasteiger partial charge >= 0.3 is 0 Å². The number of fused-ring (bicyclic) bond motifs is 16. The number of hydrogen-bond donors (Lipinski definition) is 0. The highest BCUT2D eigenvalue weighted by Gasteiger charge is 2.36. The molecular formula is C88H52N6. The predicted octanol–water partition coefficient (Wildman–Crippen LogP) is 23.0. The maximum Gasteiger partial charge on any atom is 0.104 e. The number of pyridine rings is 1. The van der Waals surface area contributed by atoms with E-state index in [0.29, 0.717) is 5.56 Å². The molecule has 20 aromatic rings. The van der Waals surface area contributed by atoms with Gasteiger partial charge < -0.3 is 18.3 Å². The molecule has 0 fully saturated rings. The Bertz CT molecular complexity index is 6610. The minimum absolute atomic E-state index is 0.498. The molecule has 0 spiro atoms. The molecule has 0 saturated heterocycles. The molecule has 0 saturated carbocycles. The maximum absolute atomic E-state index is 13.5. The molecule has 0 unspecified atom stereocenters. The Labute approximate surface area is 539 Å². The lowest BCUT2D eigenvalue weighted by Crippen LogP contribution is -2.16. The molecule has 0 N–H and O–H groups in total. The van der Waals surface area contributed by atoms with Gasteiger partial charge in [-0.05, 0) is 134 Å². The smallest absolute Gasteiger partial charge is 0.104 e. The molecule has 0 bridgehead atoms. The summed E-state index contributed by atoms with van der Waals surface area (Å²) in [6.07, 6.45) is 0. The van der Waals surface area contributed by atoms with Gasteiger partial charge in [-0.2, -0.15) is 5.26 Å². The Morgan fingerprint density at radius 3 is 0.840 bits per heavy atom. The summed E-state index contributed by atoms with van der Waals surface area (Å²) in [5.41, 5.74) is 17.0. The first kappa shape index (κ1) is 52.0. The van der Waals surface area contributed by atoms with Crippen LogP contribution in [0.25, 0.3) is 187 Å². The SMILES string of the molecule is N#Cc1c(-n2c3ccccc3c3cc4ccccc4cc32)c(-c2cc(-c3ccccc3)nc(-c3ccccc3)c2)c(-n2c3ccccc3c3cc4ccccc4cc32)c(-n2c3ccccc3c3cc4ccccc4cc32)c1-n1c2ccccc2c2cc3ccccc3cc21. The third-order valence-corrected chi connectivity index (χ3v) is 19.8. The fourth-order valence-electron chi connectivity index (χ4n) is 15.7. The molecule has 0 atom stereocenters. The van der Waals surface area contributed by atoms with Crippen molar-refractivity contribution in [1.29, 1.82) is 5.26 Å². The lowest BCUT2D eigenvalue weighted by atomic mass is 9.91. The lowest BCUT2D eigenvalue weighted by Gasteiger charge is -2.29. The monoisotopic (exact) mass is 1190 g/mol. The van der Waals surface area contributed by atoms with Crippen molar-refractivity contribution in [2.45, 2.75) is 0 Å². The lowest BCUT2D eigenvalue weighted by molar-refractivity contribution is 1.03. The van der Waals surface area contributed by atoms with Crippen LogP contribution in [0.3, 0.4) is 0 Å². The van der Waals surface area contributed by atoms with Crippen molar-refractivity contribution in [3.63, 3.8) is 0 Å². The highest BCUT2D eigenvalue weighted by molar-refractivity contribution is 6.21. The van der Waals surface area contributed by atoms with Crippen LogP contribution in [0.2, 0.25) is 0 Å². The quantitative estimate of drug-likeness (QED) is 0.160. The Balaban J connectivity index is 1.14. The van der Waals surface area contributed by atoms with Crippen LogP contribution in [0.4, 0.5) is 0 Å². The zero-order valence-corrected chi connectivity index (χ0v) is 50.7. The average Bonchev–Trinajstić information content (AvgIpc) is 1.42. The van der Waals surface area contributed by atoms with E-state index in [-0.39, 0.29) is 0 Å². The first-order valence-electron chi connectivity index (χ1n) is 32.1. The zero-order valence-electron chi connectivity index (χ0n) is 50.7. The molecule has 6 heteroatoms. The van der Waals surface area contributed by atoms with Gasteiger partial charge in [0.15, 0.2) is 0 Å². The van der Waals surface area contributed by atoms with Crippen molar-refractivity contribution in [3.05, 3.63) is 321 Å². The number of hydrogen-bond acceptors (Lipinski definition) is 2. The van der Waals surface area contributed by atoms with Crippen LogP contribution in [-0.2, 0) is 0 Å². The summed E-state index contributed by atoms with van der Waals surface area (Å²) in [7, 11) is 0. The van der Waals surface area contributed by atoms with Crippen LogP contribution in [0.5, 0.6) is 0 Å². The van der Waals surface area contributed by atoms with Gasteiger partial charge in [-0.1, -0.05) is 231 Å². The van der Waals surface area contributed by atoms with Crippen molar-refractivity contribution in [2.24, 2.45) is 0 Å². The van der Waals surface area contributed by atoms with Crippen LogP contribution >= 0.6 is 0 Å². The molecule has 0 aliphatic heterocycles. The van der Waals surface area contributed by atoms with E-state index < -0.39 is 0 Å². The third kappa shape index (κ3) is 7.55. The van der Waals surface area contributed by atoms with E-state index in [4.69, 9.17) is 4.98 Å². The summed E-state index contributed by atoms with van der Waals surface area (Å²) >= 11 is 0. The minimum Gasteiger partial charge on any atom is -0.307 e. The van der Waals surface area contributed by atoms with E-state index in [2.05, 4.69) is 340 Å². The Hall–Kier alpha value is -12.8. The molecule has 0 aliphatic carbocycles. The van der Waals surface area contributed by atoms with E-state index in [1.54, 1.807) is 0 Å². The van der Waals surface area contributed by atoms with Crippen molar-refractivity contribution in [2.75, 3.05) is 0 Å². The number of nitriles is 1. The van der Waals surface area contributed by atoms with Crippen molar-refractivity contribution < 1.29 is 0 Å². The molecular weight excluding hydrogens is 1140 g/mol. The average molecular weight is 1190 g/mol. The Kier molecular flexibility index (Phi) is 11.1. The second-order valence-corrected chi connectivity index (χ2v) is 24.9. The van der Waals surface area contributed by atoms with E-state index in [1.165, 1.54) is 0 Å². The van der Waals surface area contributed by atoms with Gasteiger partial charge in [-0.3, -0.25) is 0 Å². The predicted molar refractivity (Wildman–Crippen MR) is 393 cm³/mol. The van der Waals surface area contributed by atoms with Gasteiger partial charge in [0.25, 0.3) is 0 Å². The van der Waals surface area contributed by atoms with E-state index in [9.17, 15) is 5.26 Å². The summed E-state index contributed by atoms with van der Waals surface area (Å²) in [4.78, 5) is 5.64. The Morgan fingerprint density at radius 2 is 0.500 bits per heavy atom. The standard InChI is InChI=1S/C88H52N6/c89-53-73-85(91-76-39-19-15-35-65(76)69-43-56-27-7-11-31-60(56)49-80(69)91)84(64-47-74(54-23-3-1-4-24-54)90-75(48-64)55-25-5-2-6-26-55)87(93-78-41-21-17-37-67(78)71-45-58-29-9-13-33-62(58)51-82(71)93)88(94-79-42-22-18-38-68(79)72-46-59-30-10-14-34-63(59)52-83(72)94)86(73)92-77-40-20-16-36-66(77)70-44-57-28-8-12-32-61(57)50-81(70)92/h1-52H. The second kappa shape index (κ2) is 20.1. The maximum atomic E-state index is 13.5. The molecule has 20 rings (SSSR count). The van der Waals surface area contributed by atoms with Gasteiger partial charge in [0.1, 0.15) is 11.6 Å². The molecule has 0 amide bonds. The van der Waals surface area contributed by atoms with Gasteiger partial charge in [-0.15, -0.1) is 0 Å². The van der Waals surface area contributed by atoms with Crippen LogP contribution in [0.1, 0.15) is 5.56 Å². The van der Waals surface area contributed by atoms with E-state index in [0.717, 1.165) is 187 Å². The summed E-state index contributed by atoms with van der Waals surface area (Å²) in [5, 5.41) is 31.3. The molecule has 15 aromatic carbocycles. The fourth-order valence-corrected chi connectivity index (χ4v) is 15.7. The van der Waals surface area contributed by atoms with Crippen molar-refractivity contribution in [1.82, 2.24) is 23.3 Å². The molecule has 5 aromatic heterocycles. The highest BCUT2D eigenvalue weighted by atomic mass is 15.1.